The standard InChI is InChI=1S/C20H28N2O9S.C17H24N2O9S.C16H36N/c1-4-5-30-20(26)17-14(10-31-13(2)23)12-32-19-16(18(25)22(17)19)21-15(24)11-29-9-8-28-7-6-27-3;1-10(20)28-7-11-9-29-16-13(15(22)19(16)14(11)17(23)24)18-12(21)8-27-6-5-26-4-3-25-2;1-5-9-13-17(14-10-6-2,15-11-7-3)16-12-8-4/h4,16,19H,1,5-12H2,2-3H3,(H,21,24);13,16H,3-9H2,1-2H3,(H,18,21)(H,23,24);5-16H2,1-4H3/q;;+1/p-1/t16-,19?;13-,16?;/m11./s1. The van der Waals surface area contributed by atoms with Crippen molar-refractivity contribution in [3.8, 4) is 0 Å². The van der Waals surface area contributed by atoms with Crippen molar-refractivity contribution in [1.82, 2.24) is 20.4 Å². The Morgan fingerprint density at radius 2 is 0.974 bits per heavy atom. The maximum Gasteiger partial charge on any atom is 0.355 e. The van der Waals surface area contributed by atoms with Crippen molar-refractivity contribution >= 4 is 71.0 Å². The minimum Gasteiger partial charge on any atom is -0.543 e. The van der Waals surface area contributed by atoms with Crippen LogP contribution in [-0.2, 0) is 81.0 Å². The average Bonchev–Trinajstić information content (AvgIpc) is 3.43. The van der Waals surface area contributed by atoms with Gasteiger partial charge in [-0.3, -0.25) is 38.6 Å². The molecule has 0 aromatic rings. The number of carbonyl (C=O) groups excluding carboxylic acids is 8. The Hall–Kier alpha value is -4.60. The zero-order valence-corrected chi connectivity index (χ0v) is 48.8. The van der Waals surface area contributed by atoms with Gasteiger partial charge >= 0.3 is 17.9 Å². The lowest BCUT2D eigenvalue weighted by Gasteiger charge is -2.50. The highest BCUT2D eigenvalue weighted by molar-refractivity contribution is 8.00. The molecule has 0 aromatic carbocycles. The van der Waals surface area contributed by atoms with E-state index in [1.54, 1.807) is 14.2 Å². The lowest BCUT2D eigenvalue weighted by Crippen LogP contribution is -2.71. The summed E-state index contributed by atoms with van der Waals surface area (Å²) in [5.74, 6) is -4.73. The van der Waals surface area contributed by atoms with Gasteiger partial charge in [0.15, 0.2) is 0 Å². The number of amides is 4. The van der Waals surface area contributed by atoms with Crippen LogP contribution in [0.2, 0.25) is 0 Å². The molecule has 444 valence electrons. The van der Waals surface area contributed by atoms with E-state index in [0.717, 1.165) is 4.90 Å². The highest BCUT2D eigenvalue weighted by Crippen LogP contribution is 2.41. The van der Waals surface area contributed by atoms with Crippen molar-refractivity contribution in [2.45, 2.75) is 116 Å². The summed E-state index contributed by atoms with van der Waals surface area (Å²) in [5, 5.41) is 15.6. The highest BCUT2D eigenvalue weighted by Gasteiger charge is 2.55. The van der Waals surface area contributed by atoms with Gasteiger partial charge in [-0.1, -0.05) is 66.0 Å². The van der Waals surface area contributed by atoms with E-state index < -0.39 is 70.3 Å². The Kier molecular flexibility index (Phi) is 35.4. The summed E-state index contributed by atoms with van der Waals surface area (Å²) < 4.78 is 46.9. The second-order valence-corrected chi connectivity index (χ2v) is 20.7. The first-order valence-electron chi connectivity index (χ1n) is 26.8. The van der Waals surface area contributed by atoms with Crippen LogP contribution in [0.1, 0.15) is 92.9 Å². The first kappa shape index (κ1) is 69.5. The van der Waals surface area contributed by atoms with Gasteiger partial charge in [-0.2, -0.15) is 0 Å². The number of thioether (sulfide) groups is 2. The number of hydrogen-bond acceptors (Lipinski definition) is 20. The van der Waals surface area contributed by atoms with E-state index in [0.29, 0.717) is 51.0 Å². The van der Waals surface area contributed by atoms with Gasteiger partial charge in [-0.25, -0.2) is 4.79 Å². The molecule has 0 aromatic heterocycles. The van der Waals surface area contributed by atoms with E-state index in [1.165, 1.54) is 130 Å². The first-order chi connectivity index (χ1) is 37.5. The van der Waals surface area contributed by atoms with E-state index in [1.807, 2.05) is 0 Å². The SMILES string of the molecule is C=CCOC(=O)C1=C(COC(C)=O)CSC2[C@H](NC(=O)COCCOCCOC)C(=O)N12.CCCC[N+](CCCC)(CCCC)CCCC.COCCOCCOCC(=O)N[C@@H]1C(=O)N2C(C(=O)[O-])=C(COC(C)=O)CSC12. The van der Waals surface area contributed by atoms with E-state index in [4.69, 9.17) is 42.6 Å². The number of aliphatic carboxylic acids is 1. The molecule has 25 heteroatoms. The number of esters is 3. The molecule has 2 unspecified atom stereocenters. The number of rotatable bonds is 38. The average molecular weight is 1150 g/mol. The molecule has 4 aliphatic rings. The van der Waals surface area contributed by atoms with Crippen molar-refractivity contribution in [3.05, 3.63) is 35.2 Å². The van der Waals surface area contributed by atoms with Gasteiger partial charge in [0.25, 0.3) is 11.8 Å². The van der Waals surface area contributed by atoms with Crippen molar-refractivity contribution in [3.63, 3.8) is 0 Å². The fourth-order valence-corrected chi connectivity index (χ4v) is 10.9. The molecule has 4 rings (SSSR count). The van der Waals surface area contributed by atoms with Crippen molar-refractivity contribution in [1.29, 1.82) is 0 Å². The summed E-state index contributed by atoms with van der Waals surface area (Å²) in [6.45, 7) is 22.9. The molecular weight excluding hydrogens is 1060 g/mol. The molecule has 4 amide bonds. The summed E-state index contributed by atoms with van der Waals surface area (Å²) in [6.07, 6.45) is 12.5. The van der Waals surface area contributed by atoms with Crippen LogP contribution in [0.4, 0.5) is 0 Å². The van der Waals surface area contributed by atoms with Crippen molar-refractivity contribution in [2.24, 2.45) is 0 Å². The maximum atomic E-state index is 12.7. The highest BCUT2D eigenvalue weighted by atomic mass is 32.2. The zero-order valence-electron chi connectivity index (χ0n) is 47.2. The van der Waals surface area contributed by atoms with Crippen LogP contribution < -0.4 is 15.7 Å². The predicted molar refractivity (Wildman–Crippen MR) is 290 cm³/mol. The molecule has 4 aliphatic heterocycles. The third-order valence-electron chi connectivity index (χ3n) is 12.4. The molecule has 0 radical (unpaired) electrons. The summed E-state index contributed by atoms with van der Waals surface area (Å²) >= 11 is 2.62. The lowest BCUT2D eigenvalue weighted by molar-refractivity contribution is -0.929. The van der Waals surface area contributed by atoms with Crippen LogP contribution in [0.25, 0.3) is 0 Å². The second kappa shape index (κ2) is 39.7. The number of carbonyl (C=O) groups is 8. The second-order valence-electron chi connectivity index (χ2n) is 18.5. The minimum absolute atomic E-state index is 0.0320. The molecular formula is C53H87N5O18S2. The lowest BCUT2D eigenvalue weighted by atomic mass is 10.0. The molecule has 2 N–H and O–H groups in total. The Morgan fingerprint density at radius 1 is 0.603 bits per heavy atom. The molecule has 4 heterocycles. The quantitative estimate of drug-likeness (QED) is 0.0224. The number of nitrogens with one attached hydrogen (secondary N) is 2. The number of fused-ring (bicyclic) bond motifs is 2. The van der Waals surface area contributed by atoms with Crippen LogP contribution in [0.3, 0.4) is 0 Å². The summed E-state index contributed by atoms with van der Waals surface area (Å²) in [6, 6.07) is -1.66. The number of carboxylic acids is 1. The zero-order chi connectivity index (χ0) is 57.9. The topological polar surface area (TPSA) is 273 Å². The van der Waals surface area contributed by atoms with Crippen LogP contribution >= 0.6 is 23.5 Å². The normalized spacial score (nSPS) is 18.4. The number of quaternary nitrogens is 1. The molecule has 0 aliphatic carbocycles. The van der Waals surface area contributed by atoms with Crippen LogP contribution in [0, 0.1) is 0 Å². The number of unbranched alkanes of at least 4 members (excludes halogenated alkanes) is 4. The van der Waals surface area contributed by atoms with Gasteiger partial charge in [-0.15, -0.1) is 23.5 Å². The Balaban J connectivity index is 0.000000419. The Bertz CT molecular complexity index is 1950. The Labute approximate surface area is 469 Å². The molecule has 23 nitrogen and oxygen atoms in total. The predicted octanol–water partition coefficient (Wildman–Crippen LogP) is 2.25. The van der Waals surface area contributed by atoms with Gasteiger partial charge in [0.1, 0.15) is 61.6 Å². The molecule has 0 saturated carbocycles. The van der Waals surface area contributed by atoms with Gasteiger partial charge in [-0.05, 0) is 25.7 Å². The first-order valence-corrected chi connectivity index (χ1v) is 28.9. The largest absolute Gasteiger partial charge is 0.543 e. The van der Waals surface area contributed by atoms with Gasteiger partial charge in [0, 0.05) is 50.7 Å². The van der Waals surface area contributed by atoms with E-state index >= 15 is 0 Å². The number of nitrogens with zero attached hydrogens (tertiary/aromatic N) is 3. The van der Waals surface area contributed by atoms with E-state index in [2.05, 4.69) is 44.9 Å². The van der Waals surface area contributed by atoms with E-state index in [9.17, 15) is 43.5 Å². The van der Waals surface area contributed by atoms with Gasteiger partial charge in [0.2, 0.25) is 11.8 Å². The van der Waals surface area contributed by atoms with Crippen molar-refractivity contribution in [2.75, 3.05) is 138 Å². The number of carboxylic acid groups (broad SMARTS) is 1. The third kappa shape index (κ3) is 24.0. The molecule has 78 heavy (non-hydrogen) atoms. The van der Waals surface area contributed by atoms with Gasteiger partial charge < -0.3 is 67.6 Å². The van der Waals surface area contributed by atoms with Crippen LogP contribution in [0.5, 0.6) is 0 Å². The smallest absolute Gasteiger partial charge is 0.355 e. The maximum absolute atomic E-state index is 12.7. The van der Waals surface area contributed by atoms with Crippen molar-refractivity contribution < 1.29 is 90.6 Å². The fourth-order valence-electron chi connectivity index (χ4n) is 8.28. The monoisotopic (exact) mass is 1150 g/mol. The third-order valence-corrected chi connectivity index (χ3v) is 15.0. The van der Waals surface area contributed by atoms with Crippen LogP contribution in [-0.4, -0.2) is 222 Å². The molecule has 0 spiro atoms. The summed E-state index contributed by atoms with van der Waals surface area (Å²) in [5.41, 5.74) is 0.466. The van der Waals surface area contributed by atoms with E-state index in [-0.39, 0.29) is 69.0 Å². The number of ether oxygens (including phenoxy) is 9. The number of methoxy groups -OCH3 is 2. The molecule has 2 fully saturated rings. The Morgan fingerprint density at radius 3 is 1.33 bits per heavy atom. The number of hydrogen-bond donors (Lipinski definition) is 2. The molecule has 0 bridgehead atoms. The molecule has 2 saturated heterocycles. The minimum atomic E-state index is -1.53. The number of β-lactam (4-membered cyclic amide) rings is 2. The molecule has 4 atom stereocenters. The van der Waals surface area contributed by atoms with Crippen LogP contribution in [0.15, 0.2) is 35.2 Å². The summed E-state index contributed by atoms with van der Waals surface area (Å²) in [7, 11) is 3.13. The fraction of sp³-hybridized carbons (Fsp3) is 0.736. The summed E-state index contributed by atoms with van der Waals surface area (Å²) in [4.78, 5) is 97.8. The van der Waals surface area contributed by atoms with Gasteiger partial charge in [0.05, 0.1) is 90.7 Å².